The average Bonchev–Trinajstić information content (AvgIpc) is 2.50. The number of ether oxygens (including phenoxy) is 1. The van der Waals surface area contributed by atoms with Crippen LogP contribution in [0, 0.1) is 18.3 Å². The summed E-state index contributed by atoms with van der Waals surface area (Å²) >= 11 is 5.97. The summed E-state index contributed by atoms with van der Waals surface area (Å²) in [6.45, 7) is 2.61. The monoisotopic (exact) mass is 322 g/mol. The Hall–Kier alpha value is -1.61. The van der Waals surface area contributed by atoms with Crippen molar-refractivity contribution in [1.29, 1.82) is 5.26 Å². The van der Waals surface area contributed by atoms with Gasteiger partial charge in [-0.15, -0.1) is 0 Å². The Morgan fingerprint density at radius 3 is 2.77 bits per heavy atom. The molecule has 0 aromatic heterocycles. The predicted octanol–water partition coefficient (Wildman–Crippen LogP) is 1.87. The molecule has 1 fully saturated rings. The van der Waals surface area contributed by atoms with Crippen molar-refractivity contribution in [2.75, 3.05) is 13.2 Å². The number of halogens is 1. The van der Waals surface area contributed by atoms with Crippen molar-refractivity contribution in [2.45, 2.75) is 38.3 Å². The Kier molecular flexibility index (Phi) is 5.41. The zero-order valence-corrected chi connectivity index (χ0v) is 13.2. The molecule has 0 saturated carbocycles. The molecule has 1 aliphatic heterocycles. The van der Waals surface area contributed by atoms with E-state index in [0.29, 0.717) is 36.6 Å². The number of carbonyl (C=O) groups excluding carboxylic acids is 1. The largest absolute Gasteiger partial charge is 0.392 e. The number of rotatable bonds is 4. The van der Waals surface area contributed by atoms with Crippen molar-refractivity contribution in [3.63, 3.8) is 0 Å². The number of aryl methyl sites for hydroxylation is 1. The van der Waals surface area contributed by atoms with Crippen LogP contribution in [0.4, 0.5) is 0 Å². The van der Waals surface area contributed by atoms with Crippen molar-refractivity contribution in [2.24, 2.45) is 0 Å². The van der Waals surface area contributed by atoms with E-state index in [-0.39, 0.29) is 18.9 Å². The van der Waals surface area contributed by atoms with Gasteiger partial charge in [-0.25, -0.2) is 0 Å². The highest BCUT2D eigenvalue weighted by Gasteiger charge is 2.34. The first-order valence-corrected chi connectivity index (χ1v) is 7.56. The van der Waals surface area contributed by atoms with Crippen molar-refractivity contribution in [3.05, 3.63) is 33.8 Å². The molecule has 1 heterocycles. The molecule has 1 aliphatic rings. The number of carbonyl (C=O) groups is 1. The van der Waals surface area contributed by atoms with Crippen LogP contribution >= 0.6 is 11.6 Å². The zero-order valence-electron chi connectivity index (χ0n) is 12.5. The minimum absolute atomic E-state index is 0.114. The van der Waals surface area contributed by atoms with Crippen molar-refractivity contribution < 1.29 is 14.6 Å². The molecule has 0 atom stereocenters. The summed E-state index contributed by atoms with van der Waals surface area (Å²) in [4.78, 5) is 12.3. The molecule has 5 nitrogen and oxygen atoms in total. The van der Waals surface area contributed by atoms with E-state index in [1.165, 1.54) is 0 Å². The number of nitrogens with one attached hydrogen (secondary N) is 1. The number of aliphatic hydroxyl groups is 1. The summed E-state index contributed by atoms with van der Waals surface area (Å²) in [7, 11) is 0. The van der Waals surface area contributed by atoms with Crippen LogP contribution < -0.4 is 5.32 Å². The van der Waals surface area contributed by atoms with Crippen LogP contribution in [0.15, 0.2) is 12.1 Å². The number of aliphatic hydroxyl groups excluding tert-OH is 1. The molecule has 2 rings (SSSR count). The fourth-order valence-electron chi connectivity index (χ4n) is 2.69. The molecule has 1 aromatic carbocycles. The Balaban J connectivity index is 2.14. The highest BCUT2D eigenvalue weighted by molar-refractivity contribution is 6.30. The summed E-state index contributed by atoms with van der Waals surface area (Å²) in [5.74, 6) is -0.233. The second-order valence-electron chi connectivity index (χ2n) is 5.55. The fraction of sp³-hybridized carbons (Fsp3) is 0.500. The van der Waals surface area contributed by atoms with Crippen molar-refractivity contribution >= 4 is 17.5 Å². The van der Waals surface area contributed by atoms with Gasteiger partial charge in [0.2, 0.25) is 5.91 Å². The third-order valence-corrected chi connectivity index (χ3v) is 4.20. The van der Waals surface area contributed by atoms with Crippen molar-refractivity contribution in [1.82, 2.24) is 5.32 Å². The number of amides is 1. The van der Waals surface area contributed by atoms with Gasteiger partial charge in [0, 0.05) is 31.1 Å². The molecule has 1 aromatic rings. The van der Waals surface area contributed by atoms with Gasteiger partial charge in [0.05, 0.1) is 19.1 Å². The lowest BCUT2D eigenvalue weighted by Gasteiger charge is -2.31. The van der Waals surface area contributed by atoms with E-state index in [1.54, 1.807) is 12.1 Å². The molecule has 0 radical (unpaired) electrons. The van der Waals surface area contributed by atoms with E-state index in [4.69, 9.17) is 16.3 Å². The van der Waals surface area contributed by atoms with Crippen LogP contribution in [0.1, 0.15) is 29.5 Å². The first kappa shape index (κ1) is 16.8. The SMILES string of the molecule is Cc1cc(Cl)cc(CO)c1CC(=O)NC1(C#N)CCOCC1. The lowest BCUT2D eigenvalue weighted by molar-refractivity contribution is -0.122. The smallest absolute Gasteiger partial charge is 0.225 e. The third kappa shape index (κ3) is 3.77. The minimum atomic E-state index is -0.852. The molecule has 0 aliphatic carbocycles. The summed E-state index contributed by atoms with van der Waals surface area (Å²) in [5, 5.41) is 22.2. The average molecular weight is 323 g/mol. The normalized spacial score (nSPS) is 16.8. The van der Waals surface area contributed by atoms with E-state index in [0.717, 1.165) is 11.1 Å². The molecule has 2 N–H and O–H groups in total. The van der Waals surface area contributed by atoms with Gasteiger partial charge in [-0.2, -0.15) is 5.26 Å². The Morgan fingerprint density at radius 1 is 1.50 bits per heavy atom. The molecule has 22 heavy (non-hydrogen) atoms. The van der Waals surface area contributed by atoms with Gasteiger partial charge in [0.15, 0.2) is 0 Å². The quantitative estimate of drug-likeness (QED) is 0.886. The van der Waals surface area contributed by atoms with E-state index in [9.17, 15) is 15.2 Å². The molecule has 1 saturated heterocycles. The Bertz CT molecular complexity index is 604. The molecular weight excluding hydrogens is 304 g/mol. The highest BCUT2D eigenvalue weighted by atomic mass is 35.5. The summed E-state index contributed by atoms with van der Waals surface area (Å²) in [5.41, 5.74) is 1.39. The summed E-state index contributed by atoms with van der Waals surface area (Å²) in [6.07, 6.45) is 1.09. The molecule has 6 heteroatoms. The Morgan fingerprint density at radius 2 is 2.18 bits per heavy atom. The molecule has 118 valence electrons. The first-order chi connectivity index (χ1) is 10.5. The van der Waals surface area contributed by atoms with E-state index >= 15 is 0 Å². The number of hydrogen-bond donors (Lipinski definition) is 2. The van der Waals surface area contributed by atoms with E-state index in [1.807, 2.05) is 6.92 Å². The first-order valence-electron chi connectivity index (χ1n) is 7.18. The van der Waals surface area contributed by atoms with Gasteiger partial charge in [0.25, 0.3) is 0 Å². The number of benzene rings is 1. The minimum Gasteiger partial charge on any atom is -0.392 e. The molecular formula is C16H19ClN2O3. The van der Waals surface area contributed by atoms with Gasteiger partial charge in [-0.1, -0.05) is 11.6 Å². The van der Waals surface area contributed by atoms with Gasteiger partial charge in [-0.3, -0.25) is 4.79 Å². The molecule has 1 amide bonds. The Labute approximate surface area is 134 Å². The number of nitrogens with zero attached hydrogens (tertiary/aromatic N) is 1. The summed E-state index contributed by atoms with van der Waals surface area (Å²) < 4.78 is 5.25. The maximum atomic E-state index is 12.3. The lowest BCUT2D eigenvalue weighted by Crippen LogP contribution is -2.51. The topological polar surface area (TPSA) is 82.4 Å². The van der Waals surface area contributed by atoms with Crippen LogP contribution in [0.25, 0.3) is 0 Å². The van der Waals surface area contributed by atoms with E-state index in [2.05, 4.69) is 11.4 Å². The van der Waals surface area contributed by atoms with Gasteiger partial charge >= 0.3 is 0 Å². The van der Waals surface area contributed by atoms with Gasteiger partial charge in [-0.05, 0) is 35.7 Å². The maximum absolute atomic E-state index is 12.3. The fourth-order valence-corrected chi connectivity index (χ4v) is 2.99. The van der Waals surface area contributed by atoms with E-state index < -0.39 is 5.54 Å². The summed E-state index contributed by atoms with van der Waals surface area (Å²) in [6, 6.07) is 5.62. The van der Waals surface area contributed by atoms with Crippen LogP contribution in [0.5, 0.6) is 0 Å². The standard InChI is InChI=1S/C16H19ClN2O3/c1-11-6-13(17)7-12(9-20)14(11)8-15(21)19-16(10-18)2-4-22-5-3-16/h6-7,20H,2-5,8-9H2,1H3,(H,19,21). The second kappa shape index (κ2) is 7.10. The van der Waals surface area contributed by atoms with Gasteiger partial charge in [0.1, 0.15) is 5.54 Å². The van der Waals surface area contributed by atoms with Crippen LogP contribution in [0.2, 0.25) is 5.02 Å². The molecule has 0 spiro atoms. The van der Waals surface area contributed by atoms with Crippen LogP contribution in [-0.2, 0) is 22.6 Å². The van der Waals surface area contributed by atoms with Crippen LogP contribution in [0.3, 0.4) is 0 Å². The van der Waals surface area contributed by atoms with Gasteiger partial charge < -0.3 is 15.2 Å². The number of hydrogen-bond acceptors (Lipinski definition) is 4. The second-order valence-corrected chi connectivity index (χ2v) is 5.99. The predicted molar refractivity (Wildman–Crippen MR) is 82.4 cm³/mol. The molecule has 0 unspecified atom stereocenters. The maximum Gasteiger partial charge on any atom is 0.225 e. The number of nitriles is 1. The highest BCUT2D eigenvalue weighted by Crippen LogP contribution is 2.23. The zero-order chi connectivity index (χ0) is 16.2. The van der Waals surface area contributed by atoms with Crippen molar-refractivity contribution in [3.8, 4) is 6.07 Å². The molecule has 0 bridgehead atoms. The lowest BCUT2D eigenvalue weighted by atomic mass is 9.91. The third-order valence-electron chi connectivity index (χ3n) is 3.98. The van der Waals surface area contributed by atoms with Crippen LogP contribution in [-0.4, -0.2) is 29.8 Å².